The smallest absolute Gasteiger partial charge is 0.142 e. The van der Waals surface area contributed by atoms with Gasteiger partial charge in [-0.2, -0.15) is 0 Å². The third kappa shape index (κ3) is 3.34. The third-order valence-corrected chi connectivity index (χ3v) is 2.22. The lowest BCUT2D eigenvalue weighted by Crippen LogP contribution is -1.87. The van der Waals surface area contributed by atoms with E-state index >= 15 is 0 Å². The van der Waals surface area contributed by atoms with Gasteiger partial charge in [-0.3, -0.25) is 0 Å². The molecule has 0 spiro atoms. The standard InChI is InChI=1S/C14H13NO2/c1-15-16-11-12-7-9-14(10-8-12)17-13-5-3-2-4-6-13/h2-10H,1,11H2. The second-order valence-corrected chi connectivity index (χ2v) is 3.46. The third-order valence-electron chi connectivity index (χ3n) is 2.22. The van der Waals surface area contributed by atoms with E-state index in [-0.39, 0.29) is 0 Å². The number of hydrogen-bond donors (Lipinski definition) is 0. The van der Waals surface area contributed by atoms with Crippen LogP contribution in [0.15, 0.2) is 59.8 Å². The van der Waals surface area contributed by atoms with Crippen molar-refractivity contribution < 1.29 is 9.57 Å². The van der Waals surface area contributed by atoms with Crippen LogP contribution >= 0.6 is 0 Å². The Morgan fingerprint density at radius 2 is 1.53 bits per heavy atom. The fourth-order valence-corrected chi connectivity index (χ4v) is 1.40. The van der Waals surface area contributed by atoms with Gasteiger partial charge in [-0.25, -0.2) is 0 Å². The molecule has 0 unspecified atom stereocenters. The maximum absolute atomic E-state index is 5.66. The molecule has 0 fully saturated rings. The van der Waals surface area contributed by atoms with Gasteiger partial charge in [-0.15, -0.1) is 5.16 Å². The molecule has 0 radical (unpaired) electrons. The van der Waals surface area contributed by atoms with Crippen molar-refractivity contribution in [2.75, 3.05) is 0 Å². The first-order valence-electron chi connectivity index (χ1n) is 5.28. The summed E-state index contributed by atoms with van der Waals surface area (Å²) in [6.07, 6.45) is 0. The van der Waals surface area contributed by atoms with Gasteiger partial charge in [0.15, 0.2) is 0 Å². The molecule has 17 heavy (non-hydrogen) atoms. The molecule has 0 heterocycles. The molecule has 0 N–H and O–H groups in total. The molecular weight excluding hydrogens is 214 g/mol. The minimum atomic E-state index is 0.426. The van der Waals surface area contributed by atoms with Crippen LogP contribution in [0, 0.1) is 0 Å². The summed E-state index contributed by atoms with van der Waals surface area (Å²) < 4.78 is 5.66. The second kappa shape index (κ2) is 5.70. The normalized spacial score (nSPS) is 9.65. The Kier molecular flexibility index (Phi) is 3.76. The van der Waals surface area contributed by atoms with Crippen molar-refractivity contribution in [3.8, 4) is 11.5 Å². The van der Waals surface area contributed by atoms with E-state index < -0.39 is 0 Å². The number of nitrogens with zero attached hydrogens (tertiary/aromatic N) is 1. The summed E-state index contributed by atoms with van der Waals surface area (Å²) in [5.74, 6) is 1.62. The zero-order valence-corrected chi connectivity index (χ0v) is 9.37. The topological polar surface area (TPSA) is 30.8 Å². The molecule has 0 atom stereocenters. The second-order valence-electron chi connectivity index (χ2n) is 3.46. The molecule has 2 aromatic rings. The van der Waals surface area contributed by atoms with Crippen LogP contribution in [0.2, 0.25) is 0 Å². The SMILES string of the molecule is C=NOCc1ccc(Oc2ccccc2)cc1. The molecule has 3 nitrogen and oxygen atoms in total. The molecule has 2 aromatic carbocycles. The lowest BCUT2D eigenvalue weighted by molar-refractivity contribution is 0.133. The average Bonchev–Trinajstić information content (AvgIpc) is 2.39. The maximum atomic E-state index is 5.66. The Balaban J connectivity index is 2.01. The molecule has 0 amide bonds. The number of oxime groups is 1. The molecule has 0 aliphatic rings. The molecule has 0 bridgehead atoms. The van der Waals surface area contributed by atoms with E-state index in [1.54, 1.807) is 0 Å². The van der Waals surface area contributed by atoms with Crippen LogP contribution in [0.5, 0.6) is 11.5 Å². The van der Waals surface area contributed by atoms with E-state index in [4.69, 9.17) is 9.57 Å². The quantitative estimate of drug-likeness (QED) is 0.577. The van der Waals surface area contributed by atoms with Crippen LogP contribution in [0.1, 0.15) is 5.56 Å². The molecular formula is C14H13NO2. The predicted molar refractivity (Wildman–Crippen MR) is 67.3 cm³/mol. The van der Waals surface area contributed by atoms with Crippen molar-refractivity contribution in [1.82, 2.24) is 0 Å². The first-order valence-corrected chi connectivity index (χ1v) is 5.28. The summed E-state index contributed by atoms with van der Waals surface area (Å²) in [6, 6.07) is 17.3. The van der Waals surface area contributed by atoms with Crippen molar-refractivity contribution in [3.63, 3.8) is 0 Å². The molecule has 2 rings (SSSR count). The van der Waals surface area contributed by atoms with E-state index in [0.29, 0.717) is 6.61 Å². The number of benzene rings is 2. The van der Waals surface area contributed by atoms with Crippen molar-refractivity contribution in [2.45, 2.75) is 6.61 Å². The fraction of sp³-hybridized carbons (Fsp3) is 0.0714. The zero-order valence-electron chi connectivity index (χ0n) is 9.37. The van der Waals surface area contributed by atoms with Crippen molar-refractivity contribution in [3.05, 3.63) is 60.2 Å². The summed E-state index contributed by atoms with van der Waals surface area (Å²) in [5, 5.41) is 3.34. The van der Waals surface area contributed by atoms with Crippen molar-refractivity contribution in [2.24, 2.45) is 5.16 Å². The van der Waals surface area contributed by atoms with Gasteiger partial charge < -0.3 is 9.57 Å². The van der Waals surface area contributed by atoms with Gasteiger partial charge in [0.1, 0.15) is 18.1 Å². The van der Waals surface area contributed by atoms with Crippen molar-refractivity contribution >= 4 is 6.72 Å². The van der Waals surface area contributed by atoms with E-state index in [0.717, 1.165) is 17.1 Å². The maximum Gasteiger partial charge on any atom is 0.142 e. The molecule has 0 saturated heterocycles. The number of ether oxygens (including phenoxy) is 1. The Labute approximate surface area is 100 Å². The minimum Gasteiger partial charge on any atom is -0.457 e. The molecule has 86 valence electrons. The van der Waals surface area contributed by atoms with E-state index in [1.807, 2.05) is 54.6 Å². The molecule has 3 heteroatoms. The van der Waals surface area contributed by atoms with Gasteiger partial charge in [-0.05, 0) is 29.8 Å². The number of hydrogen-bond acceptors (Lipinski definition) is 3. The first kappa shape index (κ1) is 11.2. The predicted octanol–water partition coefficient (Wildman–Crippen LogP) is 3.61. The minimum absolute atomic E-state index is 0.426. The molecule has 0 aliphatic carbocycles. The zero-order chi connectivity index (χ0) is 11.9. The lowest BCUT2D eigenvalue weighted by atomic mass is 10.2. The Hall–Kier alpha value is -2.29. The highest BCUT2D eigenvalue weighted by molar-refractivity contribution is 5.32. The van der Waals surface area contributed by atoms with Crippen molar-refractivity contribution in [1.29, 1.82) is 0 Å². The van der Waals surface area contributed by atoms with Crippen LogP contribution in [-0.2, 0) is 11.4 Å². The van der Waals surface area contributed by atoms with Gasteiger partial charge >= 0.3 is 0 Å². The summed E-state index contributed by atoms with van der Waals surface area (Å²) in [4.78, 5) is 4.85. The summed E-state index contributed by atoms with van der Waals surface area (Å²) in [5.41, 5.74) is 1.03. The van der Waals surface area contributed by atoms with Gasteiger partial charge in [0.05, 0.1) is 0 Å². The van der Waals surface area contributed by atoms with Gasteiger partial charge in [0.25, 0.3) is 0 Å². The van der Waals surface area contributed by atoms with Crippen LogP contribution in [-0.4, -0.2) is 6.72 Å². The summed E-state index contributed by atoms with van der Waals surface area (Å²) >= 11 is 0. The van der Waals surface area contributed by atoms with Crippen LogP contribution < -0.4 is 4.74 Å². The van der Waals surface area contributed by atoms with E-state index in [2.05, 4.69) is 11.9 Å². The molecule has 0 aliphatic heterocycles. The summed E-state index contributed by atoms with van der Waals surface area (Å²) in [6.45, 7) is 3.68. The highest BCUT2D eigenvalue weighted by Gasteiger charge is 1.97. The highest BCUT2D eigenvalue weighted by atomic mass is 16.6. The Morgan fingerprint density at radius 1 is 0.882 bits per heavy atom. The summed E-state index contributed by atoms with van der Waals surface area (Å²) in [7, 11) is 0. The van der Waals surface area contributed by atoms with Crippen LogP contribution in [0.4, 0.5) is 0 Å². The average molecular weight is 227 g/mol. The molecule has 0 aromatic heterocycles. The lowest BCUT2D eigenvalue weighted by Gasteiger charge is -2.06. The Morgan fingerprint density at radius 3 is 2.18 bits per heavy atom. The largest absolute Gasteiger partial charge is 0.457 e. The molecule has 0 saturated carbocycles. The van der Waals surface area contributed by atoms with Crippen LogP contribution in [0.25, 0.3) is 0 Å². The number of para-hydroxylation sites is 1. The van der Waals surface area contributed by atoms with E-state index in [1.165, 1.54) is 0 Å². The van der Waals surface area contributed by atoms with E-state index in [9.17, 15) is 0 Å². The van der Waals surface area contributed by atoms with Crippen LogP contribution in [0.3, 0.4) is 0 Å². The van der Waals surface area contributed by atoms with Gasteiger partial charge in [0.2, 0.25) is 0 Å². The first-order chi connectivity index (χ1) is 8.38. The monoisotopic (exact) mass is 227 g/mol. The number of rotatable bonds is 5. The highest BCUT2D eigenvalue weighted by Crippen LogP contribution is 2.21. The van der Waals surface area contributed by atoms with Gasteiger partial charge in [-0.1, -0.05) is 30.3 Å². The fourth-order valence-electron chi connectivity index (χ4n) is 1.40. The van der Waals surface area contributed by atoms with Gasteiger partial charge in [0, 0.05) is 6.72 Å². The Bertz CT molecular complexity index is 465.